The Balaban J connectivity index is 1.88. The second-order valence-corrected chi connectivity index (χ2v) is 6.13. The largest absolute Gasteiger partial charge is 0.319 e. The summed E-state index contributed by atoms with van der Waals surface area (Å²) >= 11 is 6.30. The van der Waals surface area contributed by atoms with Gasteiger partial charge in [0, 0.05) is 12.1 Å². The lowest BCUT2D eigenvalue weighted by Crippen LogP contribution is -2.14. The summed E-state index contributed by atoms with van der Waals surface area (Å²) in [7, 11) is 0. The predicted molar refractivity (Wildman–Crippen MR) is 98.5 cm³/mol. The van der Waals surface area contributed by atoms with Crippen LogP contribution in [0, 0.1) is 22.9 Å². The minimum atomic E-state index is -0.792. The number of aromatic nitrogens is 2. The first-order chi connectivity index (χ1) is 12.9. The number of nitrogens with one attached hydrogen (secondary N) is 1. The molecule has 138 valence electrons. The number of aryl methyl sites for hydroxylation is 1. The molecule has 7 nitrogen and oxygen atoms in total. The molecule has 0 aliphatic carbocycles. The number of nitrogens with zero attached hydrogens (tertiary/aromatic N) is 3. The summed E-state index contributed by atoms with van der Waals surface area (Å²) in [6.07, 6.45) is 0. The van der Waals surface area contributed by atoms with Gasteiger partial charge in [0.15, 0.2) is 0 Å². The van der Waals surface area contributed by atoms with Crippen LogP contribution in [0.2, 0.25) is 5.15 Å². The molecule has 3 rings (SSSR count). The Morgan fingerprint density at radius 1 is 1.30 bits per heavy atom. The predicted octanol–water partition coefficient (Wildman–Crippen LogP) is 4.19. The molecule has 1 heterocycles. The number of nitro groups is 1. The summed E-state index contributed by atoms with van der Waals surface area (Å²) in [5, 5.41) is 17.5. The van der Waals surface area contributed by atoms with Gasteiger partial charge in [-0.2, -0.15) is 5.10 Å². The van der Waals surface area contributed by atoms with Crippen LogP contribution in [0.4, 0.5) is 15.8 Å². The van der Waals surface area contributed by atoms with Crippen LogP contribution in [-0.2, 0) is 6.54 Å². The third-order valence-electron chi connectivity index (χ3n) is 3.88. The lowest BCUT2D eigenvalue weighted by molar-refractivity contribution is -0.384. The van der Waals surface area contributed by atoms with Gasteiger partial charge in [-0.3, -0.25) is 14.9 Å². The number of benzene rings is 2. The second kappa shape index (κ2) is 7.55. The second-order valence-electron chi connectivity index (χ2n) is 5.77. The Bertz CT molecular complexity index is 1020. The molecule has 1 amide bonds. The van der Waals surface area contributed by atoms with Crippen LogP contribution in [-0.4, -0.2) is 20.6 Å². The van der Waals surface area contributed by atoms with Crippen molar-refractivity contribution in [3.63, 3.8) is 0 Å². The van der Waals surface area contributed by atoms with Gasteiger partial charge in [-0.15, -0.1) is 0 Å². The molecule has 9 heteroatoms. The molecule has 0 fully saturated rings. The minimum Gasteiger partial charge on any atom is -0.319 e. The maximum absolute atomic E-state index is 13.9. The first kappa shape index (κ1) is 18.5. The fourth-order valence-electron chi connectivity index (χ4n) is 2.58. The summed E-state index contributed by atoms with van der Waals surface area (Å²) in [5.41, 5.74) is 0.742. The van der Waals surface area contributed by atoms with E-state index in [0.29, 0.717) is 12.2 Å². The van der Waals surface area contributed by atoms with Crippen molar-refractivity contribution >= 4 is 28.9 Å². The molecule has 0 spiro atoms. The van der Waals surface area contributed by atoms with Gasteiger partial charge < -0.3 is 5.32 Å². The zero-order chi connectivity index (χ0) is 19.6. The van der Waals surface area contributed by atoms with Crippen LogP contribution in [0.5, 0.6) is 0 Å². The minimum absolute atomic E-state index is 0.0819. The van der Waals surface area contributed by atoms with Crippen LogP contribution >= 0.6 is 11.6 Å². The maximum Gasteiger partial charge on any atom is 0.271 e. The van der Waals surface area contributed by atoms with E-state index >= 15 is 0 Å². The van der Waals surface area contributed by atoms with E-state index in [0.717, 1.165) is 23.8 Å². The molecule has 0 aliphatic heterocycles. The number of nitro benzene ring substituents is 1. The van der Waals surface area contributed by atoms with Crippen molar-refractivity contribution in [3.05, 3.63) is 86.4 Å². The molecule has 0 radical (unpaired) electrons. The van der Waals surface area contributed by atoms with Crippen molar-refractivity contribution in [1.82, 2.24) is 9.78 Å². The van der Waals surface area contributed by atoms with Crippen LogP contribution < -0.4 is 5.32 Å². The van der Waals surface area contributed by atoms with Crippen LogP contribution in [0.15, 0.2) is 48.5 Å². The third kappa shape index (κ3) is 3.95. The number of hydrogen-bond donors (Lipinski definition) is 1. The lowest BCUT2D eigenvalue weighted by atomic mass is 10.2. The molecule has 1 aromatic heterocycles. The smallest absolute Gasteiger partial charge is 0.271 e. The Morgan fingerprint density at radius 2 is 2.00 bits per heavy atom. The maximum atomic E-state index is 13.9. The molecule has 1 N–H and O–H groups in total. The van der Waals surface area contributed by atoms with E-state index < -0.39 is 16.6 Å². The zero-order valence-corrected chi connectivity index (χ0v) is 14.9. The first-order valence-electron chi connectivity index (χ1n) is 7.89. The third-order valence-corrected chi connectivity index (χ3v) is 4.26. The van der Waals surface area contributed by atoms with Gasteiger partial charge in [0.25, 0.3) is 11.6 Å². The fourth-order valence-corrected chi connectivity index (χ4v) is 2.90. The van der Waals surface area contributed by atoms with Crippen molar-refractivity contribution in [3.8, 4) is 0 Å². The van der Waals surface area contributed by atoms with Crippen molar-refractivity contribution < 1.29 is 14.1 Å². The Kier molecular flexibility index (Phi) is 5.18. The highest BCUT2D eigenvalue weighted by molar-refractivity contribution is 6.33. The SMILES string of the molecule is Cc1nn(Cc2ccccc2)c(Cl)c1C(=O)Nc1cc([N+](=O)[O-])ccc1F. The molecule has 0 unspecified atom stereocenters. The van der Waals surface area contributed by atoms with E-state index in [1.54, 1.807) is 6.92 Å². The highest BCUT2D eigenvalue weighted by Crippen LogP contribution is 2.25. The molecule has 0 saturated heterocycles. The number of carbonyl (C=O) groups excluding carboxylic acids is 1. The number of halogens is 2. The Morgan fingerprint density at radius 3 is 2.67 bits per heavy atom. The number of amides is 1. The van der Waals surface area contributed by atoms with E-state index in [1.807, 2.05) is 30.3 Å². The number of non-ortho nitro benzene ring substituents is 1. The van der Waals surface area contributed by atoms with E-state index in [2.05, 4.69) is 10.4 Å². The summed E-state index contributed by atoms with van der Waals surface area (Å²) in [4.78, 5) is 22.7. The number of hydrogen-bond acceptors (Lipinski definition) is 4. The van der Waals surface area contributed by atoms with Gasteiger partial charge >= 0.3 is 0 Å². The first-order valence-corrected chi connectivity index (χ1v) is 8.26. The molecule has 0 saturated carbocycles. The molecule has 0 bridgehead atoms. The summed E-state index contributed by atoms with van der Waals surface area (Å²) in [6, 6.07) is 12.3. The molecule has 0 aliphatic rings. The molecular formula is C18H14ClFN4O3. The van der Waals surface area contributed by atoms with Crippen molar-refractivity contribution in [2.24, 2.45) is 0 Å². The van der Waals surface area contributed by atoms with E-state index in [4.69, 9.17) is 11.6 Å². The standard InChI is InChI=1S/C18H14ClFN4O3/c1-11-16(17(19)23(22-11)10-12-5-3-2-4-6-12)18(25)21-15-9-13(24(26)27)7-8-14(15)20/h2-9H,10H2,1H3,(H,21,25). The molecular weight excluding hydrogens is 375 g/mol. The molecule has 0 atom stereocenters. The van der Waals surface area contributed by atoms with Gasteiger partial charge in [-0.25, -0.2) is 9.07 Å². The summed E-state index contributed by atoms with van der Waals surface area (Å²) in [5.74, 6) is -1.49. The topological polar surface area (TPSA) is 90.1 Å². The zero-order valence-electron chi connectivity index (χ0n) is 14.1. The molecule has 3 aromatic rings. The number of rotatable bonds is 5. The van der Waals surface area contributed by atoms with Gasteiger partial charge in [0.2, 0.25) is 0 Å². The van der Waals surface area contributed by atoms with Crippen LogP contribution in [0.25, 0.3) is 0 Å². The average molecular weight is 389 g/mol. The van der Waals surface area contributed by atoms with Gasteiger partial charge in [-0.05, 0) is 18.6 Å². The van der Waals surface area contributed by atoms with Crippen molar-refractivity contribution in [2.75, 3.05) is 5.32 Å². The van der Waals surface area contributed by atoms with Crippen LogP contribution in [0.3, 0.4) is 0 Å². The van der Waals surface area contributed by atoms with Crippen molar-refractivity contribution in [2.45, 2.75) is 13.5 Å². The van der Waals surface area contributed by atoms with Gasteiger partial charge in [0.05, 0.1) is 28.4 Å². The average Bonchev–Trinajstić information content (AvgIpc) is 2.91. The monoisotopic (exact) mass is 388 g/mol. The Hall–Kier alpha value is -3.26. The number of anilines is 1. The van der Waals surface area contributed by atoms with Crippen molar-refractivity contribution in [1.29, 1.82) is 0 Å². The molecule has 2 aromatic carbocycles. The summed E-state index contributed by atoms with van der Waals surface area (Å²) in [6.45, 7) is 1.96. The van der Waals surface area contributed by atoms with E-state index in [9.17, 15) is 19.3 Å². The van der Waals surface area contributed by atoms with Crippen LogP contribution in [0.1, 0.15) is 21.6 Å². The quantitative estimate of drug-likeness (QED) is 0.524. The molecule has 27 heavy (non-hydrogen) atoms. The highest BCUT2D eigenvalue weighted by Gasteiger charge is 2.22. The Labute approximate surface area is 158 Å². The van der Waals surface area contributed by atoms with Gasteiger partial charge in [0.1, 0.15) is 11.0 Å². The summed E-state index contributed by atoms with van der Waals surface area (Å²) < 4.78 is 15.4. The van der Waals surface area contributed by atoms with E-state index in [1.165, 1.54) is 4.68 Å². The number of carbonyl (C=O) groups is 1. The normalized spacial score (nSPS) is 10.6. The van der Waals surface area contributed by atoms with Gasteiger partial charge in [-0.1, -0.05) is 41.9 Å². The lowest BCUT2D eigenvalue weighted by Gasteiger charge is -2.07. The fraction of sp³-hybridized carbons (Fsp3) is 0.111. The highest BCUT2D eigenvalue weighted by atomic mass is 35.5. The van der Waals surface area contributed by atoms with E-state index in [-0.39, 0.29) is 22.1 Å².